The van der Waals surface area contributed by atoms with Crippen LogP contribution in [0.1, 0.15) is 0 Å². The van der Waals surface area contributed by atoms with Crippen molar-refractivity contribution in [2.24, 2.45) is 0 Å². The molecule has 0 aliphatic carbocycles. The zero-order chi connectivity index (χ0) is 15.6. The van der Waals surface area contributed by atoms with Gasteiger partial charge in [-0.3, -0.25) is 0 Å². The predicted octanol–water partition coefficient (Wildman–Crippen LogP) is 3.18. The Morgan fingerprint density at radius 3 is 2.61 bits per heavy atom. The van der Waals surface area contributed by atoms with Crippen molar-refractivity contribution in [2.45, 2.75) is 0 Å². The molecule has 5 nitrogen and oxygen atoms in total. The van der Waals surface area contributed by atoms with Crippen LogP contribution in [0.5, 0.6) is 0 Å². The molecule has 1 saturated heterocycles. The molecule has 0 atom stereocenters. The Morgan fingerprint density at radius 1 is 1.04 bits per heavy atom. The van der Waals surface area contributed by atoms with E-state index >= 15 is 0 Å². The fourth-order valence-corrected chi connectivity index (χ4v) is 2.84. The summed E-state index contributed by atoms with van der Waals surface area (Å²) in [6.45, 7) is 2.98. The summed E-state index contributed by atoms with van der Waals surface area (Å²) in [7, 11) is 0. The van der Waals surface area contributed by atoms with Crippen LogP contribution in [0.25, 0.3) is 22.4 Å². The Labute approximate surface area is 138 Å². The second kappa shape index (κ2) is 6.10. The van der Waals surface area contributed by atoms with Gasteiger partial charge in [0.05, 0.1) is 23.8 Å². The smallest absolute Gasteiger partial charge is 0.162 e. The average Bonchev–Trinajstić information content (AvgIpc) is 2.62. The molecule has 116 valence electrons. The van der Waals surface area contributed by atoms with Gasteiger partial charge in [0.25, 0.3) is 0 Å². The number of aromatic nitrogens is 3. The Kier molecular flexibility index (Phi) is 3.81. The summed E-state index contributed by atoms with van der Waals surface area (Å²) >= 11 is 6.10. The number of halogens is 1. The van der Waals surface area contributed by atoms with Gasteiger partial charge in [0.1, 0.15) is 5.52 Å². The molecule has 3 aromatic rings. The van der Waals surface area contributed by atoms with Crippen LogP contribution in [0, 0.1) is 0 Å². The van der Waals surface area contributed by atoms with Crippen LogP contribution in [0.15, 0.2) is 42.6 Å². The van der Waals surface area contributed by atoms with Gasteiger partial charge in [-0.1, -0.05) is 41.9 Å². The van der Waals surface area contributed by atoms with E-state index in [1.807, 2.05) is 36.4 Å². The van der Waals surface area contributed by atoms with E-state index in [0.717, 1.165) is 35.5 Å². The molecule has 0 N–H and O–H groups in total. The van der Waals surface area contributed by atoms with E-state index in [2.05, 4.69) is 14.9 Å². The highest BCUT2D eigenvalue weighted by Crippen LogP contribution is 2.28. The molecule has 0 radical (unpaired) electrons. The fourth-order valence-electron chi connectivity index (χ4n) is 2.69. The van der Waals surface area contributed by atoms with Crippen LogP contribution in [0.4, 0.5) is 5.82 Å². The Bertz CT molecular complexity index is 835. The van der Waals surface area contributed by atoms with E-state index in [4.69, 9.17) is 21.3 Å². The SMILES string of the molecule is Clc1cnc2c(N3CCOCC3)nc(-c3ccccc3)nc2c1. The highest BCUT2D eigenvalue weighted by molar-refractivity contribution is 6.31. The minimum Gasteiger partial charge on any atom is -0.378 e. The number of hydrogen-bond acceptors (Lipinski definition) is 5. The third-order valence-corrected chi connectivity index (χ3v) is 4.03. The highest BCUT2D eigenvalue weighted by atomic mass is 35.5. The fraction of sp³-hybridized carbons (Fsp3) is 0.235. The Hall–Kier alpha value is -2.24. The number of ether oxygens (including phenoxy) is 1. The van der Waals surface area contributed by atoms with E-state index < -0.39 is 0 Å². The van der Waals surface area contributed by atoms with Crippen molar-refractivity contribution >= 4 is 28.5 Å². The first-order valence-corrected chi connectivity index (χ1v) is 7.90. The maximum Gasteiger partial charge on any atom is 0.162 e. The number of benzene rings is 1. The average molecular weight is 327 g/mol. The van der Waals surface area contributed by atoms with E-state index in [1.165, 1.54) is 0 Å². The number of fused-ring (bicyclic) bond motifs is 1. The van der Waals surface area contributed by atoms with Crippen LogP contribution >= 0.6 is 11.6 Å². The van der Waals surface area contributed by atoms with Crippen LogP contribution in [-0.4, -0.2) is 41.3 Å². The quantitative estimate of drug-likeness (QED) is 0.724. The first-order valence-electron chi connectivity index (χ1n) is 7.53. The molecule has 6 heteroatoms. The number of anilines is 1. The molecule has 0 bridgehead atoms. The Balaban J connectivity index is 1.91. The zero-order valence-corrected chi connectivity index (χ0v) is 13.2. The lowest BCUT2D eigenvalue weighted by Gasteiger charge is -2.28. The topological polar surface area (TPSA) is 51.1 Å². The lowest BCUT2D eigenvalue weighted by Crippen LogP contribution is -2.37. The predicted molar refractivity (Wildman–Crippen MR) is 90.8 cm³/mol. The molecule has 0 unspecified atom stereocenters. The molecule has 2 aromatic heterocycles. The third-order valence-electron chi connectivity index (χ3n) is 3.83. The summed E-state index contributed by atoms with van der Waals surface area (Å²) in [5.41, 5.74) is 2.51. The number of rotatable bonds is 2. The zero-order valence-electron chi connectivity index (χ0n) is 12.4. The Morgan fingerprint density at radius 2 is 1.83 bits per heavy atom. The van der Waals surface area contributed by atoms with Crippen molar-refractivity contribution in [3.63, 3.8) is 0 Å². The van der Waals surface area contributed by atoms with E-state index in [0.29, 0.717) is 24.1 Å². The number of nitrogens with zero attached hydrogens (tertiary/aromatic N) is 4. The van der Waals surface area contributed by atoms with Crippen molar-refractivity contribution in [1.29, 1.82) is 0 Å². The second-order valence-electron chi connectivity index (χ2n) is 5.36. The number of hydrogen-bond donors (Lipinski definition) is 0. The molecule has 23 heavy (non-hydrogen) atoms. The molecular formula is C17H15ClN4O. The van der Waals surface area contributed by atoms with Crippen LogP contribution in [-0.2, 0) is 4.74 Å². The minimum absolute atomic E-state index is 0.572. The first-order chi connectivity index (χ1) is 11.3. The van der Waals surface area contributed by atoms with Gasteiger partial charge in [0.2, 0.25) is 0 Å². The molecule has 0 spiro atoms. The summed E-state index contributed by atoms with van der Waals surface area (Å²) in [4.78, 5) is 16.1. The van der Waals surface area contributed by atoms with Crippen molar-refractivity contribution in [3.8, 4) is 11.4 Å². The molecule has 0 amide bonds. The molecular weight excluding hydrogens is 312 g/mol. The van der Waals surface area contributed by atoms with Crippen molar-refractivity contribution < 1.29 is 4.74 Å². The minimum atomic E-state index is 0.572. The lowest BCUT2D eigenvalue weighted by molar-refractivity contribution is 0.122. The molecule has 1 aromatic carbocycles. The summed E-state index contributed by atoms with van der Waals surface area (Å²) in [6.07, 6.45) is 1.64. The van der Waals surface area contributed by atoms with Gasteiger partial charge in [-0.25, -0.2) is 15.0 Å². The molecule has 1 aliphatic heterocycles. The van der Waals surface area contributed by atoms with E-state index in [1.54, 1.807) is 6.20 Å². The van der Waals surface area contributed by atoms with Gasteiger partial charge in [-0.15, -0.1) is 0 Å². The lowest BCUT2D eigenvalue weighted by atomic mass is 10.2. The summed E-state index contributed by atoms with van der Waals surface area (Å²) in [5, 5.41) is 0.572. The summed E-state index contributed by atoms with van der Waals surface area (Å²) < 4.78 is 5.44. The first kappa shape index (κ1) is 14.4. The van der Waals surface area contributed by atoms with Gasteiger partial charge >= 0.3 is 0 Å². The van der Waals surface area contributed by atoms with Gasteiger partial charge in [-0.2, -0.15) is 0 Å². The van der Waals surface area contributed by atoms with E-state index in [-0.39, 0.29) is 0 Å². The monoisotopic (exact) mass is 326 g/mol. The molecule has 0 saturated carbocycles. The molecule has 4 rings (SSSR count). The largest absolute Gasteiger partial charge is 0.378 e. The normalized spacial score (nSPS) is 15.1. The van der Waals surface area contributed by atoms with E-state index in [9.17, 15) is 0 Å². The van der Waals surface area contributed by atoms with Crippen molar-refractivity contribution in [2.75, 3.05) is 31.2 Å². The highest BCUT2D eigenvalue weighted by Gasteiger charge is 2.19. The third kappa shape index (κ3) is 2.85. The van der Waals surface area contributed by atoms with Gasteiger partial charge in [-0.05, 0) is 6.07 Å². The maximum absolute atomic E-state index is 6.10. The van der Waals surface area contributed by atoms with Gasteiger partial charge in [0, 0.05) is 24.8 Å². The standard InChI is InChI=1S/C17H15ClN4O/c18-13-10-14-15(19-11-13)17(22-6-8-23-9-7-22)21-16(20-14)12-4-2-1-3-5-12/h1-5,10-11H,6-9H2. The van der Waals surface area contributed by atoms with Crippen LogP contribution in [0.3, 0.4) is 0 Å². The number of morpholine rings is 1. The van der Waals surface area contributed by atoms with Crippen molar-refractivity contribution in [3.05, 3.63) is 47.6 Å². The summed E-state index contributed by atoms with van der Waals surface area (Å²) in [5.74, 6) is 1.53. The molecule has 1 aliphatic rings. The number of pyridine rings is 1. The molecule has 1 fully saturated rings. The van der Waals surface area contributed by atoms with Gasteiger partial charge < -0.3 is 9.64 Å². The maximum atomic E-state index is 6.10. The summed E-state index contributed by atoms with van der Waals surface area (Å²) in [6, 6.07) is 11.8. The second-order valence-corrected chi connectivity index (χ2v) is 5.79. The molecule has 3 heterocycles. The van der Waals surface area contributed by atoms with Crippen LogP contribution < -0.4 is 4.90 Å². The van der Waals surface area contributed by atoms with Crippen molar-refractivity contribution in [1.82, 2.24) is 15.0 Å². The van der Waals surface area contributed by atoms with Gasteiger partial charge in [0.15, 0.2) is 11.6 Å². The van der Waals surface area contributed by atoms with Crippen LogP contribution in [0.2, 0.25) is 5.02 Å².